The van der Waals surface area contributed by atoms with Crippen LogP contribution in [0.15, 0.2) is 322 Å². The molecule has 646 valence electrons. The number of methoxy groups -OCH3 is 2. The van der Waals surface area contributed by atoms with Crippen molar-refractivity contribution in [3.8, 4) is 0 Å². The number of nitrogens with one attached hydrogen (secondary N) is 3. The van der Waals surface area contributed by atoms with Crippen LogP contribution in [0.4, 0.5) is 0 Å². The molecular weight excluding hydrogens is 1620 g/mol. The van der Waals surface area contributed by atoms with Gasteiger partial charge in [-0.15, -0.1) is 0 Å². The summed E-state index contributed by atoms with van der Waals surface area (Å²) in [5.41, 5.74) is 5.55. The highest BCUT2D eigenvalue weighted by molar-refractivity contribution is 6.01. The third-order valence-electron chi connectivity index (χ3n) is 19.9. The van der Waals surface area contributed by atoms with Gasteiger partial charge in [-0.2, -0.15) is 0 Å². The Morgan fingerprint density at radius 1 is 0.378 bits per heavy atom. The lowest BCUT2D eigenvalue weighted by Gasteiger charge is -2.19. The van der Waals surface area contributed by atoms with Crippen LogP contribution in [0.1, 0.15) is 114 Å². The van der Waals surface area contributed by atoms with Gasteiger partial charge in [0.05, 0.1) is 50.2 Å². The smallest absolute Gasteiger partial charge is 0.345 e. The van der Waals surface area contributed by atoms with Gasteiger partial charge >= 0.3 is 29.8 Å². The Balaban J connectivity index is 0.000000158. The van der Waals surface area contributed by atoms with E-state index in [-0.39, 0.29) is 70.6 Å². The van der Waals surface area contributed by atoms with Gasteiger partial charge in [0.2, 0.25) is 16.3 Å². The molecule has 3 unspecified atom stereocenters. The monoisotopic (exact) mass is 1710 g/mol. The predicted molar refractivity (Wildman–Crippen MR) is 479 cm³/mol. The van der Waals surface area contributed by atoms with Gasteiger partial charge in [-0.1, -0.05) is 208 Å². The molecule has 0 spiro atoms. The second-order valence-corrected chi connectivity index (χ2v) is 29.1. The number of hydrogen-bond acceptors (Lipinski definition) is 20. The highest BCUT2D eigenvalue weighted by atomic mass is 16.5. The Morgan fingerprint density at radius 2 is 0.709 bits per heavy atom. The molecule has 8 aromatic carbocycles. The number of rotatable bonds is 25. The number of hydrogen-bond donors (Lipinski definition) is 4. The van der Waals surface area contributed by atoms with E-state index in [1.165, 1.54) is 60.2 Å². The number of nitrogens with zero attached hydrogens (tertiary/aromatic N) is 8. The summed E-state index contributed by atoms with van der Waals surface area (Å²) in [5, 5.41) is 18.8. The number of amides is 3. The van der Waals surface area contributed by atoms with Crippen molar-refractivity contribution < 1.29 is 62.4 Å². The number of aromatic nitrogens is 8. The van der Waals surface area contributed by atoms with Gasteiger partial charge in [0, 0.05) is 98.2 Å². The van der Waals surface area contributed by atoms with Crippen LogP contribution in [0, 0.1) is 5.92 Å². The minimum absolute atomic E-state index is 0.00212. The van der Waals surface area contributed by atoms with Gasteiger partial charge < -0.3 is 53.7 Å². The van der Waals surface area contributed by atoms with E-state index in [0.717, 1.165) is 38.9 Å². The van der Waals surface area contributed by atoms with Crippen LogP contribution in [0.5, 0.6) is 0 Å². The van der Waals surface area contributed by atoms with Crippen LogP contribution in [0.3, 0.4) is 0 Å². The van der Waals surface area contributed by atoms with E-state index >= 15 is 0 Å². The maximum Gasteiger partial charge on any atom is 0.345 e. The maximum absolute atomic E-state index is 13.2. The predicted octanol–water partition coefficient (Wildman–Crippen LogP) is 11.5. The second kappa shape index (κ2) is 44.6. The number of carboxylic acid groups (broad SMARTS) is 1. The largest absolute Gasteiger partial charge is 0.480 e. The molecule has 0 aliphatic heterocycles. The molecule has 0 saturated heterocycles. The molecule has 3 atom stereocenters. The summed E-state index contributed by atoms with van der Waals surface area (Å²) in [7, 11) is 2.56. The molecule has 29 heteroatoms. The Kier molecular flexibility index (Phi) is 32.1. The molecule has 7 aromatic heterocycles. The summed E-state index contributed by atoms with van der Waals surface area (Å²) < 4.78 is 27.4. The number of carbonyl (C=O) groups is 8. The van der Waals surface area contributed by atoms with Gasteiger partial charge in [-0.25, -0.2) is 33.9 Å². The molecule has 0 saturated carbocycles. The molecule has 0 fully saturated rings. The lowest BCUT2D eigenvalue weighted by Crippen LogP contribution is -2.44. The summed E-state index contributed by atoms with van der Waals surface area (Å²) >= 11 is 0. The summed E-state index contributed by atoms with van der Waals surface area (Å²) in [4.78, 5) is 173. The van der Waals surface area contributed by atoms with Gasteiger partial charge in [-0.05, 0) is 103 Å². The molecule has 0 bridgehead atoms. The Morgan fingerprint density at radius 3 is 1.09 bits per heavy atom. The van der Waals surface area contributed by atoms with Gasteiger partial charge in [0.25, 0.3) is 28.8 Å². The SMILES string of the molecule is CCOC(=O)c1cnc2ccccn2c1=O.CCOC(=O)c1cnc2cnccn2c1=O.COC(=O)C(CC(C)C)NC(=O)c1cn(Cc2ccccc2)c2ccccc2c1=O.COC(=O)C(Cc1ccccc1)NC(=O)c1cn(Cc2ccccc2)c2ccccc2c1=O.O=C(NC(Cc1ccccc1)C(=O)O)c1cn(Cc2ccccc2)c2ccccc2c1=O. The van der Waals surface area contributed by atoms with E-state index < -0.39 is 82.2 Å². The Hall–Kier alpha value is -16.2. The first kappa shape index (κ1) is 91.5. The highest BCUT2D eigenvalue weighted by Gasteiger charge is 2.29. The first-order valence-corrected chi connectivity index (χ1v) is 40.5. The van der Waals surface area contributed by atoms with Crippen molar-refractivity contribution in [1.82, 2.24) is 53.4 Å². The van der Waals surface area contributed by atoms with Crippen molar-refractivity contribution >= 4 is 91.6 Å². The van der Waals surface area contributed by atoms with Gasteiger partial charge in [-0.3, -0.25) is 52.1 Å². The zero-order valence-electron chi connectivity index (χ0n) is 70.2. The van der Waals surface area contributed by atoms with E-state index in [9.17, 15) is 67.4 Å². The number of pyridine rings is 4. The highest BCUT2D eigenvalue weighted by Crippen LogP contribution is 2.20. The van der Waals surface area contributed by atoms with Crippen LogP contribution < -0.4 is 43.4 Å². The molecule has 4 N–H and O–H groups in total. The maximum atomic E-state index is 13.2. The zero-order valence-corrected chi connectivity index (χ0v) is 70.2. The molecule has 29 nitrogen and oxygen atoms in total. The van der Waals surface area contributed by atoms with E-state index in [4.69, 9.17) is 18.9 Å². The fraction of sp³-hybridized carbons (Fsp3) is 0.184. The molecule has 7 heterocycles. The van der Waals surface area contributed by atoms with Crippen LogP contribution in [0.2, 0.25) is 0 Å². The third-order valence-corrected chi connectivity index (χ3v) is 19.9. The van der Waals surface area contributed by atoms with Crippen molar-refractivity contribution in [3.63, 3.8) is 0 Å². The average molecular weight is 1710 g/mol. The minimum atomic E-state index is -1.16. The second-order valence-electron chi connectivity index (χ2n) is 29.1. The summed E-state index contributed by atoms with van der Waals surface area (Å²) in [6.07, 6.45) is 13.8. The summed E-state index contributed by atoms with van der Waals surface area (Å²) in [5.74, 6) is -5.29. The normalized spacial score (nSPS) is 11.4. The van der Waals surface area contributed by atoms with Crippen LogP contribution in [-0.4, -0.2) is 136 Å². The lowest BCUT2D eigenvalue weighted by molar-refractivity contribution is -0.143. The Labute approximate surface area is 727 Å². The first-order valence-electron chi connectivity index (χ1n) is 40.5. The van der Waals surface area contributed by atoms with Crippen molar-refractivity contribution in [3.05, 3.63) is 405 Å². The van der Waals surface area contributed by atoms with Gasteiger partial charge in [0.1, 0.15) is 51.6 Å². The molecule has 3 amide bonds. The summed E-state index contributed by atoms with van der Waals surface area (Å²) in [6, 6.07) is 71.4. The zero-order chi connectivity index (χ0) is 90.5. The van der Waals surface area contributed by atoms with Crippen LogP contribution in [-0.2, 0) is 65.8 Å². The van der Waals surface area contributed by atoms with Gasteiger partial charge in [0.15, 0.2) is 5.65 Å². The number of benzene rings is 8. The number of carboxylic acids is 1. The van der Waals surface area contributed by atoms with Crippen LogP contribution in [0.25, 0.3) is 44.0 Å². The fourth-order valence-electron chi connectivity index (χ4n) is 13.7. The molecular formula is C98H91N11O18. The van der Waals surface area contributed by atoms with Crippen molar-refractivity contribution in [2.45, 2.75) is 84.7 Å². The van der Waals surface area contributed by atoms with Crippen molar-refractivity contribution in [1.29, 1.82) is 0 Å². The minimum Gasteiger partial charge on any atom is -0.480 e. The number of ether oxygens (including phenoxy) is 4. The van der Waals surface area contributed by atoms with E-state index in [1.807, 2.05) is 203 Å². The summed E-state index contributed by atoms with van der Waals surface area (Å²) in [6.45, 7) is 9.18. The van der Waals surface area contributed by atoms with E-state index in [2.05, 4.69) is 30.9 Å². The van der Waals surface area contributed by atoms with Crippen molar-refractivity contribution in [2.75, 3.05) is 27.4 Å². The van der Waals surface area contributed by atoms with E-state index in [0.29, 0.717) is 59.0 Å². The topological polar surface area (TPSA) is 377 Å². The number of fused-ring (bicyclic) bond motifs is 5. The molecule has 0 aliphatic rings. The molecule has 15 aromatic rings. The fourth-order valence-corrected chi connectivity index (χ4v) is 13.7. The number of aliphatic carboxylic acids is 1. The molecule has 15 rings (SSSR count). The first-order chi connectivity index (χ1) is 61.5. The number of para-hydroxylation sites is 3. The molecule has 0 aliphatic carbocycles. The quantitative estimate of drug-likeness (QED) is 0.0305. The van der Waals surface area contributed by atoms with E-state index in [1.54, 1.807) is 99.2 Å². The van der Waals surface area contributed by atoms with Crippen LogP contribution >= 0.6 is 0 Å². The van der Waals surface area contributed by atoms with Crippen molar-refractivity contribution in [2.24, 2.45) is 5.92 Å². The average Bonchev–Trinajstić information content (AvgIpc) is 0.797. The third kappa shape index (κ3) is 24.0. The lowest BCUT2D eigenvalue weighted by atomic mass is 10.0. The number of carbonyl (C=O) groups excluding carboxylic acids is 7. The molecule has 0 radical (unpaired) electrons. The Bertz CT molecular complexity index is 6660. The number of esters is 4. The molecule has 127 heavy (non-hydrogen) atoms. The standard InChI is InChI=1S/C27H24N2O4.C26H22N2O4.C24H26N2O4.C11H10N2O3.C10H9N3O3/c1-33-27(32)23(16-19-10-4-2-5-11-19)28-26(31)22-18-29(17-20-12-6-3-7-13-20)24-15-9-8-14-21(24)25(22)30;29-24-20-13-7-8-14-23(20)28(16-19-11-5-2-6-12-19)17-21(24)25(30)27-22(26(31)32)15-18-9-3-1-4-10-18;1-16(2)13-20(24(29)30-3)25-23(28)19-15-26(14-17-9-5-4-6-10-17)21-12-8-7-11-18(21)22(19)27;1-2-16-11(15)8-7-12-9-5-3-4-6-13(9)10(8)14;1-2-16-10(15)7-5-12-8-6-11-3-4-13(8)9(7)14/h2-15,18,23H,16-17H2,1H3,(H,28,31);1-14,17,22H,15-16H2,(H,27,30)(H,31,32);4-12,15-16,20H,13-14H2,1-3H3,(H,25,28);3-7H,2H2,1H3;3-6H,2H2,1H3.